The summed E-state index contributed by atoms with van der Waals surface area (Å²) < 4.78 is -0.158. The van der Waals surface area contributed by atoms with Crippen LogP contribution in [0.15, 0.2) is 30.3 Å². The maximum Gasteiger partial charge on any atom is 0.310 e. The van der Waals surface area contributed by atoms with Crippen LogP contribution in [-0.4, -0.2) is 4.51 Å². The SMILES string of the molecule is S=C(Cl)OOc1ccccc1. The molecule has 0 atom stereocenters. The smallest absolute Gasteiger partial charge is 0.288 e. The molecule has 11 heavy (non-hydrogen) atoms. The van der Waals surface area contributed by atoms with Crippen molar-refractivity contribution in [2.24, 2.45) is 0 Å². The van der Waals surface area contributed by atoms with Gasteiger partial charge in [-0.2, -0.15) is 0 Å². The number of rotatable bonds is 2. The zero-order valence-electron chi connectivity index (χ0n) is 5.49. The molecule has 1 aromatic carbocycles. The number of thiocarbonyl (C=S) groups is 1. The van der Waals surface area contributed by atoms with Gasteiger partial charge in [-0.15, -0.1) is 0 Å². The fourth-order valence-corrected chi connectivity index (χ4v) is 0.622. The number of hydrogen-bond donors (Lipinski definition) is 0. The van der Waals surface area contributed by atoms with Crippen molar-refractivity contribution in [3.05, 3.63) is 30.3 Å². The van der Waals surface area contributed by atoms with Gasteiger partial charge in [0.15, 0.2) is 5.75 Å². The summed E-state index contributed by atoms with van der Waals surface area (Å²) in [5.74, 6) is 0.565. The highest BCUT2D eigenvalue weighted by atomic mass is 35.5. The Morgan fingerprint density at radius 3 is 2.45 bits per heavy atom. The van der Waals surface area contributed by atoms with Gasteiger partial charge in [0.05, 0.1) is 0 Å². The first-order chi connectivity index (χ1) is 5.29. The molecule has 0 fully saturated rings. The third kappa shape index (κ3) is 3.20. The van der Waals surface area contributed by atoms with Crippen LogP contribution in [0.1, 0.15) is 0 Å². The van der Waals surface area contributed by atoms with Crippen LogP contribution in [0, 0.1) is 0 Å². The van der Waals surface area contributed by atoms with Crippen LogP contribution in [0.5, 0.6) is 5.75 Å². The van der Waals surface area contributed by atoms with E-state index in [0.29, 0.717) is 5.75 Å². The van der Waals surface area contributed by atoms with E-state index in [1.807, 2.05) is 18.2 Å². The highest BCUT2D eigenvalue weighted by Gasteiger charge is 1.93. The van der Waals surface area contributed by atoms with Crippen LogP contribution in [0.25, 0.3) is 0 Å². The summed E-state index contributed by atoms with van der Waals surface area (Å²) in [6.07, 6.45) is 0. The van der Waals surface area contributed by atoms with Crippen molar-refractivity contribution < 1.29 is 9.78 Å². The van der Waals surface area contributed by atoms with Crippen LogP contribution in [0.3, 0.4) is 0 Å². The molecule has 0 saturated carbocycles. The molecule has 0 aliphatic carbocycles. The Labute approximate surface area is 74.6 Å². The Hall–Kier alpha value is -0.800. The van der Waals surface area contributed by atoms with Gasteiger partial charge in [-0.25, -0.2) is 0 Å². The highest BCUT2D eigenvalue weighted by molar-refractivity contribution is 7.82. The van der Waals surface area contributed by atoms with E-state index in [0.717, 1.165) is 0 Å². The lowest BCUT2D eigenvalue weighted by Gasteiger charge is -2.00. The molecule has 58 valence electrons. The van der Waals surface area contributed by atoms with E-state index in [4.69, 9.17) is 16.5 Å². The number of benzene rings is 1. The van der Waals surface area contributed by atoms with Gasteiger partial charge in [-0.3, -0.25) is 9.78 Å². The molecule has 1 rings (SSSR count). The predicted molar refractivity (Wildman–Crippen MR) is 46.6 cm³/mol. The van der Waals surface area contributed by atoms with Gasteiger partial charge in [-0.05, 0) is 36.0 Å². The Morgan fingerprint density at radius 2 is 1.91 bits per heavy atom. The van der Waals surface area contributed by atoms with Gasteiger partial charge in [0, 0.05) is 0 Å². The third-order valence-electron chi connectivity index (χ3n) is 0.947. The Morgan fingerprint density at radius 1 is 1.27 bits per heavy atom. The molecule has 0 spiro atoms. The molecule has 0 aliphatic rings. The maximum atomic E-state index is 5.21. The molecule has 0 radical (unpaired) electrons. The summed E-state index contributed by atoms with van der Waals surface area (Å²) in [5.41, 5.74) is 0. The van der Waals surface area contributed by atoms with Crippen LogP contribution >= 0.6 is 23.8 Å². The Balaban J connectivity index is 2.45. The predicted octanol–water partition coefficient (Wildman–Crippen LogP) is 2.52. The van der Waals surface area contributed by atoms with Crippen LogP contribution in [-0.2, 0) is 4.89 Å². The van der Waals surface area contributed by atoms with E-state index in [1.54, 1.807) is 12.1 Å². The topological polar surface area (TPSA) is 18.5 Å². The van der Waals surface area contributed by atoms with E-state index in [9.17, 15) is 0 Å². The van der Waals surface area contributed by atoms with Crippen molar-refractivity contribution in [3.8, 4) is 5.75 Å². The molecule has 4 heteroatoms. The molecule has 0 heterocycles. The van der Waals surface area contributed by atoms with Gasteiger partial charge < -0.3 is 0 Å². The van der Waals surface area contributed by atoms with E-state index >= 15 is 0 Å². The molecule has 1 aromatic rings. The molecule has 0 saturated heterocycles. The van der Waals surface area contributed by atoms with E-state index in [2.05, 4.69) is 17.1 Å². The van der Waals surface area contributed by atoms with Gasteiger partial charge in [-0.1, -0.05) is 18.2 Å². The maximum absolute atomic E-state index is 5.21. The zero-order chi connectivity index (χ0) is 8.10. The molecule has 0 bridgehead atoms. The lowest BCUT2D eigenvalue weighted by molar-refractivity contribution is -0.109. The Kier molecular flexibility index (Phi) is 3.14. The summed E-state index contributed by atoms with van der Waals surface area (Å²) in [6, 6.07) is 8.96. The van der Waals surface area contributed by atoms with E-state index in [-0.39, 0.29) is 4.51 Å². The van der Waals surface area contributed by atoms with Gasteiger partial charge in [0.2, 0.25) is 0 Å². The van der Waals surface area contributed by atoms with Crippen LogP contribution < -0.4 is 4.89 Å². The lowest BCUT2D eigenvalue weighted by Crippen LogP contribution is -1.97. The second-order valence-electron chi connectivity index (χ2n) is 1.72. The fraction of sp³-hybridized carbons (Fsp3) is 0. The molecule has 0 aliphatic heterocycles. The Bertz CT molecular complexity index is 237. The largest absolute Gasteiger partial charge is 0.310 e. The summed E-state index contributed by atoms with van der Waals surface area (Å²) in [7, 11) is 0. The van der Waals surface area contributed by atoms with Gasteiger partial charge >= 0.3 is 4.51 Å². The second-order valence-corrected chi connectivity index (χ2v) is 2.66. The number of para-hydroxylation sites is 1. The van der Waals surface area contributed by atoms with Crippen molar-refractivity contribution in [3.63, 3.8) is 0 Å². The standard InChI is InChI=1S/C7H5ClO2S/c8-7(11)10-9-6-4-2-1-3-5-6/h1-5H. The highest BCUT2D eigenvalue weighted by Crippen LogP contribution is 2.08. The minimum atomic E-state index is -0.158. The first-order valence-electron chi connectivity index (χ1n) is 2.88. The van der Waals surface area contributed by atoms with E-state index in [1.165, 1.54) is 0 Å². The first-order valence-corrected chi connectivity index (χ1v) is 3.66. The average Bonchev–Trinajstić information content (AvgIpc) is 2.03. The minimum Gasteiger partial charge on any atom is -0.288 e. The monoisotopic (exact) mass is 188 g/mol. The molecule has 2 nitrogen and oxygen atoms in total. The summed E-state index contributed by atoms with van der Waals surface area (Å²) in [5, 5.41) is 0. The third-order valence-corrected chi connectivity index (χ3v) is 1.08. The summed E-state index contributed by atoms with van der Waals surface area (Å²) in [4.78, 5) is 9.12. The fourth-order valence-electron chi connectivity index (χ4n) is 0.557. The van der Waals surface area contributed by atoms with Crippen molar-refractivity contribution in [1.82, 2.24) is 0 Å². The molecule has 0 aromatic heterocycles. The quantitative estimate of drug-likeness (QED) is 0.308. The summed E-state index contributed by atoms with van der Waals surface area (Å²) >= 11 is 9.62. The van der Waals surface area contributed by atoms with Crippen molar-refractivity contribution in [2.45, 2.75) is 0 Å². The van der Waals surface area contributed by atoms with Crippen molar-refractivity contribution in [2.75, 3.05) is 0 Å². The molecule has 0 amide bonds. The van der Waals surface area contributed by atoms with Crippen molar-refractivity contribution >= 4 is 28.3 Å². The first kappa shape index (κ1) is 8.30. The molecule has 0 N–H and O–H groups in total. The number of halogens is 1. The molecular weight excluding hydrogens is 184 g/mol. The van der Waals surface area contributed by atoms with Crippen molar-refractivity contribution in [1.29, 1.82) is 0 Å². The molecular formula is C7H5ClO2S. The second kappa shape index (κ2) is 4.16. The lowest BCUT2D eigenvalue weighted by atomic mass is 10.3. The zero-order valence-corrected chi connectivity index (χ0v) is 7.06. The van der Waals surface area contributed by atoms with Gasteiger partial charge in [0.25, 0.3) is 0 Å². The summed E-state index contributed by atoms with van der Waals surface area (Å²) in [6.45, 7) is 0. The number of hydrogen-bond acceptors (Lipinski definition) is 3. The van der Waals surface area contributed by atoms with Crippen LogP contribution in [0.4, 0.5) is 0 Å². The van der Waals surface area contributed by atoms with Crippen LogP contribution in [0.2, 0.25) is 0 Å². The normalized spacial score (nSPS) is 8.82. The molecule has 0 unspecified atom stereocenters. The minimum absolute atomic E-state index is 0.158. The van der Waals surface area contributed by atoms with Gasteiger partial charge in [0.1, 0.15) is 0 Å². The average molecular weight is 189 g/mol. The van der Waals surface area contributed by atoms with E-state index < -0.39 is 0 Å².